The lowest BCUT2D eigenvalue weighted by Gasteiger charge is -2.09. The van der Waals surface area contributed by atoms with Crippen LogP contribution < -0.4 is 10.6 Å². The number of carbonyl (C=O) groups is 2. The summed E-state index contributed by atoms with van der Waals surface area (Å²) in [7, 11) is 0. The molecule has 0 saturated heterocycles. The van der Waals surface area contributed by atoms with Gasteiger partial charge in [0.15, 0.2) is 0 Å². The number of benzene rings is 4. The van der Waals surface area contributed by atoms with E-state index in [9.17, 15) is 9.59 Å². The van der Waals surface area contributed by atoms with Crippen LogP contribution in [0.2, 0.25) is 0 Å². The smallest absolute Gasteiger partial charge is 0.255 e. The summed E-state index contributed by atoms with van der Waals surface area (Å²) in [6.45, 7) is 0. The minimum Gasteiger partial charge on any atom is -0.322 e. The molecule has 2 amide bonds. The molecule has 4 rings (SSSR count). The predicted molar refractivity (Wildman–Crippen MR) is 130 cm³/mol. The number of rotatable bonds is 5. The lowest BCUT2D eigenvalue weighted by molar-refractivity contribution is 0.101. The van der Waals surface area contributed by atoms with Crippen molar-refractivity contribution in [2.24, 2.45) is 0 Å². The van der Waals surface area contributed by atoms with Gasteiger partial charge in [-0.25, -0.2) is 0 Å². The largest absolute Gasteiger partial charge is 0.322 e. The van der Waals surface area contributed by atoms with Gasteiger partial charge in [-0.15, -0.1) is 0 Å². The molecule has 0 aromatic heterocycles. The van der Waals surface area contributed by atoms with Gasteiger partial charge in [0.1, 0.15) is 0 Å². The number of amides is 2. The molecule has 0 heterocycles. The number of hydrogen-bond donors (Lipinski definition) is 2. The van der Waals surface area contributed by atoms with Gasteiger partial charge in [-0.3, -0.25) is 9.59 Å². The topological polar surface area (TPSA) is 106 Å². The molecule has 6 nitrogen and oxygen atoms in total. The van der Waals surface area contributed by atoms with Crippen LogP contribution >= 0.6 is 0 Å². The van der Waals surface area contributed by atoms with Crippen LogP contribution in [0.3, 0.4) is 0 Å². The molecule has 4 aromatic carbocycles. The molecule has 6 heteroatoms. The first kappa shape index (κ1) is 22.0. The Morgan fingerprint density at radius 2 is 0.824 bits per heavy atom. The third-order valence-corrected chi connectivity index (χ3v) is 5.17. The highest BCUT2D eigenvalue weighted by Gasteiger charge is 2.08. The predicted octanol–water partition coefficient (Wildman–Crippen LogP) is 5.60. The number of hydrogen-bond acceptors (Lipinski definition) is 4. The maximum atomic E-state index is 12.4. The van der Waals surface area contributed by atoms with Crippen LogP contribution in [-0.2, 0) is 0 Å². The highest BCUT2D eigenvalue weighted by molar-refractivity contribution is 6.05. The lowest BCUT2D eigenvalue weighted by Crippen LogP contribution is -2.11. The van der Waals surface area contributed by atoms with Crippen LogP contribution in [0.1, 0.15) is 31.8 Å². The van der Waals surface area contributed by atoms with E-state index < -0.39 is 0 Å². The molecular weight excluding hydrogens is 424 g/mol. The summed E-state index contributed by atoms with van der Waals surface area (Å²) in [4.78, 5) is 24.8. The molecule has 162 valence electrons. The van der Waals surface area contributed by atoms with E-state index in [0.717, 1.165) is 11.1 Å². The van der Waals surface area contributed by atoms with Crippen molar-refractivity contribution < 1.29 is 9.59 Å². The van der Waals surface area contributed by atoms with Gasteiger partial charge in [0.05, 0.1) is 23.3 Å². The molecule has 0 saturated carbocycles. The monoisotopic (exact) mass is 442 g/mol. The summed E-state index contributed by atoms with van der Waals surface area (Å²) in [6.07, 6.45) is 0. The Labute approximate surface area is 196 Å². The van der Waals surface area contributed by atoms with Gasteiger partial charge in [-0.1, -0.05) is 24.3 Å². The van der Waals surface area contributed by atoms with Gasteiger partial charge in [0.25, 0.3) is 11.8 Å². The second kappa shape index (κ2) is 9.95. The molecule has 0 bridgehead atoms. The van der Waals surface area contributed by atoms with E-state index in [1.54, 1.807) is 48.5 Å². The zero-order chi connectivity index (χ0) is 23.9. The molecule has 2 N–H and O–H groups in total. The maximum absolute atomic E-state index is 12.4. The molecule has 34 heavy (non-hydrogen) atoms. The van der Waals surface area contributed by atoms with Crippen LogP contribution in [0.25, 0.3) is 11.1 Å². The summed E-state index contributed by atoms with van der Waals surface area (Å²) in [5, 5.41) is 23.4. The van der Waals surface area contributed by atoms with Gasteiger partial charge in [-0.2, -0.15) is 10.5 Å². The average Bonchev–Trinajstić information content (AvgIpc) is 2.89. The number of nitrogens with zero attached hydrogens (tertiary/aromatic N) is 2. The van der Waals surface area contributed by atoms with Crippen LogP contribution in [-0.4, -0.2) is 11.8 Å². The normalized spacial score (nSPS) is 9.94. The summed E-state index contributed by atoms with van der Waals surface area (Å²) in [5.74, 6) is -0.501. The van der Waals surface area contributed by atoms with Crippen molar-refractivity contribution in [2.75, 3.05) is 10.6 Å². The molecule has 0 atom stereocenters. The van der Waals surface area contributed by atoms with E-state index in [4.69, 9.17) is 10.5 Å². The molecule has 4 aromatic rings. The Morgan fingerprint density at radius 1 is 0.500 bits per heavy atom. The number of carbonyl (C=O) groups excluding carboxylic acids is 2. The van der Waals surface area contributed by atoms with Crippen molar-refractivity contribution in [2.45, 2.75) is 0 Å². The summed E-state index contributed by atoms with van der Waals surface area (Å²) < 4.78 is 0. The molecule has 0 aliphatic rings. The highest BCUT2D eigenvalue weighted by atomic mass is 16.2. The van der Waals surface area contributed by atoms with Crippen molar-refractivity contribution in [3.05, 3.63) is 119 Å². The third-order valence-electron chi connectivity index (χ3n) is 5.17. The SMILES string of the molecule is N#Cc1ccc(C(=O)Nc2ccc(-c3ccc(NC(=O)c4ccc(C#N)cc4)cc3)cc2)cc1. The molecule has 0 aliphatic heterocycles. The standard InChI is InChI=1S/C28H18N4O2/c29-17-19-1-5-23(6-2-19)27(33)31-25-13-9-21(10-14-25)22-11-15-26(16-12-22)32-28(34)24-7-3-20(18-30)4-8-24/h1-16H,(H,31,33)(H,32,34). The quantitative estimate of drug-likeness (QED) is 0.419. The minimum absolute atomic E-state index is 0.250. The van der Waals surface area contributed by atoms with Gasteiger partial charge in [0, 0.05) is 22.5 Å². The Balaban J connectivity index is 1.38. The minimum atomic E-state index is -0.250. The van der Waals surface area contributed by atoms with Crippen molar-refractivity contribution in [3.63, 3.8) is 0 Å². The van der Waals surface area contributed by atoms with Crippen LogP contribution in [0.4, 0.5) is 11.4 Å². The first-order chi connectivity index (χ1) is 16.6. The molecule has 0 spiro atoms. The van der Waals surface area contributed by atoms with E-state index in [-0.39, 0.29) is 11.8 Å². The van der Waals surface area contributed by atoms with Crippen molar-refractivity contribution >= 4 is 23.2 Å². The summed E-state index contributed by atoms with van der Waals surface area (Å²) in [5.41, 5.74) is 5.18. The Kier molecular flexibility index (Phi) is 6.44. The highest BCUT2D eigenvalue weighted by Crippen LogP contribution is 2.24. The van der Waals surface area contributed by atoms with Gasteiger partial charge in [0.2, 0.25) is 0 Å². The summed E-state index contributed by atoms with van der Waals surface area (Å²) >= 11 is 0. The fourth-order valence-corrected chi connectivity index (χ4v) is 3.29. The van der Waals surface area contributed by atoms with E-state index in [0.29, 0.717) is 33.6 Å². The number of anilines is 2. The number of nitriles is 2. The molecule has 0 fully saturated rings. The fourth-order valence-electron chi connectivity index (χ4n) is 3.29. The zero-order valence-electron chi connectivity index (χ0n) is 17.9. The van der Waals surface area contributed by atoms with Crippen LogP contribution in [0.5, 0.6) is 0 Å². The second-order valence-electron chi connectivity index (χ2n) is 7.44. The van der Waals surface area contributed by atoms with Crippen molar-refractivity contribution in [1.29, 1.82) is 10.5 Å². The Bertz CT molecular complexity index is 1300. The number of nitrogens with one attached hydrogen (secondary N) is 2. The first-order valence-corrected chi connectivity index (χ1v) is 10.4. The summed E-state index contributed by atoms with van der Waals surface area (Å²) in [6, 6.07) is 31.8. The van der Waals surface area contributed by atoms with E-state index in [1.807, 2.05) is 60.7 Å². The third kappa shape index (κ3) is 5.16. The van der Waals surface area contributed by atoms with Gasteiger partial charge < -0.3 is 10.6 Å². The van der Waals surface area contributed by atoms with Gasteiger partial charge in [-0.05, 0) is 83.9 Å². The Hall–Kier alpha value is -5.20. The van der Waals surface area contributed by atoms with E-state index >= 15 is 0 Å². The van der Waals surface area contributed by atoms with Gasteiger partial charge >= 0.3 is 0 Å². The first-order valence-electron chi connectivity index (χ1n) is 10.4. The fraction of sp³-hybridized carbons (Fsp3) is 0. The lowest BCUT2D eigenvalue weighted by atomic mass is 10.0. The Morgan fingerprint density at radius 3 is 1.12 bits per heavy atom. The second-order valence-corrected chi connectivity index (χ2v) is 7.44. The molecule has 0 radical (unpaired) electrons. The van der Waals surface area contributed by atoms with E-state index in [1.165, 1.54) is 0 Å². The van der Waals surface area contributed by atoms with Crippen molar-refractivity contribution in [1.82, 2.24) is 0 Å². The average molecular weight is 442 g/mol. The molecule has 0 aliphatic carbocycles. The molecule has 0 unspecified atom stereocenters. The van der Waals surface area contributed by atoms with Crippen molar-refractivity contribution in [3.8, 4) is 23.3 Å². The van der Waals surface area contributed by atoms with Crippen LogP contribution in [0, 0.1) is 22.7 Å². The van der Waals surface area contributed by atoms with Crippen LogP contribution in [0.15, 0.2) is 97.1 Å². The molecular formula is C28H18N4O2. The zero-order valence-corrected chi connectivity index (χ0v) is 17.9. The van der Waals surface area contributed by atoms with E-state index in [2.05, 4.69) is 10.6 Å². The maximum Gasteiger partial charge on any atom is 0.255 e.